The van der Waals surface area contributed by atoms with E-state index in [1.54, 1.807) is 53.0 Å². The molecule has 1 aliphatic carbocycles. The van der Waals surface area contributed by atoms with Gasteiger partial charge in [0.1, 0.15) is 52.2 Å². The van der Waals surface area contributed by atoms with E-state index >= 15 is 0 Å². The van der Waals surface area contributed by atoms with Gasteiger partial charge in [0.25, 0.3) is 22.5 Å². The maximum atomic E-state index is 13.3. The summed E-state index contributed by atoms with van der Waals surface area (Å²) in [6, 6.07) is 75.2. The number of aryl methyl sites for hydroxylation is 5. The molecule has 2 unspecified atom stereocenters. The first kappa shape index (κ1) is 104. The van der Waals surface area contributed by atoms with Crippen LogP contribution in [0.25, 0.3) is 71.1 Å². The lowest BCUT2D eigenvalue weighted by Crippen LogP contribution is -2.30. The number of carbonyl (C=O) groups is 3. The molecule has 2 aliphatic heterocycles. The average Bonchev–Trinajstić information content (AvgIpc) is 0.903. The Hall–Kier alpha value is -16.4. The highest BCUT2D eigenvalue weighted by atomic mass is 32.2. The van der Waals surface area contributed by atoms with Gasteiger partial charge in [-0.25, -0.2) is 19.9 Å². The molecule has 0 spiro atoms. The molecule has 0 bridgehead atoms. The molecule has 744 valence electrons. The number of nitro benzene ring substituents is 2. The molecule has 6 N–H and O–H groups in total. The quantitative estimate of drug-likeness (QED) is 0.00717. The van der Waals surface area contributed by atoms with E-state index in [-0.39, 0.29) is 60.1 Å². The topological polar surface area (TPSA) is 429 Å². The van der Waals surface area contributed by atoms with Crippen LogP contribution in [-0.2, 0) is 47.0 Å². The van der Waals surface area contributed by atoms with Crippen molar-refractivity contribution in [3.05, 3.63) is 338 Å². The molecule has 31 nitrogen and oxygen atoms in total. The number of aromatic nitrogens is 7. The molecule has 0 radical (unpaired) electrons. The zero-order valence-corrected chi connectivity index (χ0v) is 83.7. The number of rotatable bonds is 34. The van der Waals surface area contributed by atoms with Gasteiger partial charge in [-0.05, 0) is 220 Å². The second-order valence-electron chi connectivity index (χ2n) is 36.0. The summed E-state index contributed by atoms with van der Waals surface area (Å²) in [5, 5.41) is 69.4. The van der Waals surface area contributed by atoms with Gasteiger partial charge in [-0.1, -0.05) is 152 Å². The second-order valence-corrected chi connectivity index (χ2v) is 37.9. The molecular formula is C113H111N17O14S2. The lowest BCUT2D eigenvalue weighted by Gasteiger charge is -2.28. The van der Waals surface area contributed by atoms with E-state index in [1.807, 2.05) is 179 Å². The first-order valence-electron chi connectivity index (χ1n) is 48.2. The monoisotopic (exact) mass is 1990 g/mol. The predicted octanol–water partition coefficient (Wildman–Crippen LogP) is 21.5. The number of ether oxygens (including phenoxy) is 5. The lowest BCUT2D eigenvalue weighted by atomic mass is 9.78. The number of nitrogens with zero attached hydrogens (tertiary/aromatic N) is 11. The molecule has 2 atom stereocenters. The summed E-state index contributed by atoms with van der Waals surface area (Å²) in [5.41, 5.74) is 16.3. The maximum absolute atomic E-state index is 13.3. The third-order valence-corrected chi connectivity index (χ3v) is 27.5. The number of Topliss-reactive ketones (excluding diaryl/α,β-unsaturated/α-hetero) is 2. The fraction of sp³-hybridized carbons (Fsp3) is 0.274. The van der Waals surface area contributed by atoms with Crippen LogP contribution in [0.3, 0.4) is 0 Å². The number of para-hydroxylation sites is 3. The zero-order chi connectivity index (χ0) is 103. The van der Waals surface area contributed by atoms with Crippen LogP contribution in [0.4, 0.5) is 23.0 Å². The summed E-state index contributed by atoms with van der Waals surface area (Å²) in [7, 11) is 1.60. The highest BCUT2D eigenvalue weighted by molar-refractivity contribution is 8.00. The van der Waals surface area contributed by atoms with Crippen molar-refractivity contribution in [2.75, 3.05) is 69.0 Å². The minimum Gasteiger partial charge on any atom is -0.497 e. The van der Waals surface area contributed by atoms with E-state index in [9.17, 15) is 60.0 Å². The fourth-order valence-corrected chi connectivity index (χ4v) is 19.3. The summed E-state index contributed by atoms with van der Waals surface area (Å²) in [6.07, 6.45) is 11.4. The van der Waals surface area contributed by atoms with Crippen molar-refractivity contribution in [2.24, 2.45) is 11.8 Å². The molecule has 8 heterocycles. The molecule has 6 aromatic heterocycles. The van der Waals surface area contributed by atoms with Crippen LogP contribution in [-0.4, -0.2) is 125 Å². The average molecular weight is 2000 g/mol. The number of nitro groups is 2. The van der Waals surface area contributed by atoms with Crippen LogP contribution >= 0.6 is 23.5 Å². The van der Waals surface area contributed by atoms with Crippen molar-refractivity contribution in [1.82, 2.24) is 50.0 Å². The summed E-state index contributed by atoms with van der Waals surface area (Å²) in [4.78, 5) is 110. The Balaban J connectivity index is 0.000000137. The Morgan fingerprint density at radius 1 is 0.541 bits per heavy atom. The Labute approximate surface area is 851 Å². The number of amides is 1. The summed E-state index contributed by atoms with van der Waals surface area (Å²) in [6.45, 7) is 17.0. The molecular weight excluding hydrogens is 1880 g/mol. The molecule has 1 amide bonds. The summed E-state index contributed by atoms with van der Waals surface area (Å²) < 4.78 is 28.4. The predicted molar refractivity (Wildman–Crippen MR) is 570 cm³/mol. The molecule has 1 saturated carbocycles. The van der Waals surface area contributed by atoms with Crippen molar-refractivity contribution >= 4 is 129 Å². The number of aromatic amines is 2. The van der Waals surface area contributed by atoms with E-state index in [2.05, 4.69) is 89.5 Å². The number of anilines is 2. The molecule has 16 aromatic rings. The fourth-order valence-electron chi connectivity index (χ4n) is 17.6. The third kappa shape index (κ3) is 27.3. The highest BCUT2D eigenvalue weighted by Crippen LogP contribution is 2.39. The van der Waals surface area contributed by atoms with Crippen LogP contribution in [0.2, 0.25) is 0 Å². The van der Waals surface area contributed by atoms with Gasteiger partial charge in [-0.15, -0.1) is 0 Å². The van der Waals surface area contributed by atoms with Gasteiger partial charge in [-0.2, -0.15) is 15.8 Å². The number of nitrogens with one attached hydrogen (secondary N) is 6. The Morgan fingerprint density at radius 3 is 1.84 bits per heavy atom. The van der Waals surface area contributed by atoms with E-state index in [1.165, 1.54) is 84.9 Å². The number of hydrogen-bond acceptors (Lipinski definition) is 27. The van der Waals surface area contributed by atoms with Crippen LogP contribution in [0.15, 0.2) is 250 Å². The minimum absolute atomic E-state index is 0.0863. The molecule has 146 heavy (non-hydrogen) atoms. The van der Waals surface area contributed by atoms with E-state index in [4.69, 9.17) is 28.7 Å². The number of ketones is 2. The van der Waals surface area contributed by atoms with Crippen LogP contribution in [0.5, 0.6) is 28.7 Å². The minimum atomic E-state index is -0.409. The SMILES string of the molecule is CC(=O)N(Cc1ccc2c(c1)OCO2)Cc1cc2cccc(C)c2[nH]c1=O.COc1cccc(-n2c(SCC(=O)CC3CCCCC3C)nc3ccccc3c2=O)c1.Cc1cc(C)c2cc(C#N)c(SCC(=O)CCCc3c[nH]c4ccccc34)nc2c1.Cc1ccc2nc(NCCCNCc3ccc([N+](=O)[O-])cc3)c(C#N)cc2c1.N#Cc1cc2cc3c(cc2nc1NCCCNCc1ccc([N+](=O)[O-])cc1)OCO3. The second kappa shape index (κ2) is 50.0. The molecule has 0 saturated heterocycles. The van der Waals surface area contributed by atoms with E-state index < -0.39 is 9.85 Å². The van der Waals surface area contributed by atoms with Crippen LogP contribution in [0, 0.1) is 93.8 Å². The van der Waals surface area contributed by atoms with Gasteiger partial charge in [0.05, 0.1) is 90.4 Å². The van der Waals surface area contributed by atoms with Gasteiger partial charge < -0.3 is 59.8 Å². The van der Waals surface area contributed by atoms with Crippen molar-refractivity contribution in [2.45, 2.75) is 142 Å². The summed E-state index contributed by atoms with van der Waals surface area (Å²) in [5.74, 6) is 6.56. The number of non-ortho nitro benzene ring substituents is 2. The van der Waals surface area contributed by atoms with E-state index in [0.29, 0.717) is 158 Å². The number of nitriles is 3. The Kier molecular flexibility index (Phi) is 35.6. The number of benzene rings is 10. The Morgan fingerprint density at radius 2 is 1.16 bits per heavy atom. The van der Waals surface area contributed by atoms with E-state index in [0.717, 1.165) is 133 Å². The van der Waals surface area contributed by atoms with Gasteiger partial charge >= 0.3 is 0 Å². The van der Waals surface area contributed by atoms with Crippen LogP contribution < -0.4 is 56.1 Å². The number of methoxy groups -OCH3 is 1. The van der Waals surface area contributed by atoms with Gasteiger partial charge in [0.15, 0.2) is 28.2 Å². The summed E-state index contributed by atoms with van der Waals surface area (Å²) >= 11 is 2.71. The normalized spacial score (nSPS) is 13.0. The van der Waals surface area contributed by atoms with Gasteiger partial charge in [0, 0.05) is 128 Å². The van der Waals surface area contributed by atoms with Crippen molar-refractivity contribution < 1.29 is 47.9 Å². The third-order valence-electron chi connectivity index (χ3n) is 25.4. The maximum Gasteiger partial charge on any atom is 0.269 e. The number of hydrogen-bond donors (Lipinski definition) is 6. The highest BCUT2D eigenvalue weighted by Gasteiger charge is 2.27. The smallest absolute Gasteiger partial charge is 0.269 e. The first-order valence-corrected chi connectivity index (χ1v) is 50.2. The number of thioether (sulfide) groups is 2. The lowest BCUT2D eigenvalue weighted by molar-refractivity contribution is -0.385. The largest absolute Gasteiger partial charge is 0.497 e. The number of H-pyrrole nitrogens is 2. The number of fused-ring (bicyclic) bond motifs is 8. The zero-order valence-electron chi connectivity index (χ0n) is 82.1. The van der Waals surface area contributed by atoms with Gasteiger partial charge in [-0.3, -0.25) is 48.8 Å². The molecule has 1 fully saturated rings. The Bertz CT molecular complexity index is 7770. The molecule has 33 heteroatoms. The number of carbonyl (C=O) groups excluding carboxylic acids is 3. The molecule has 19 rings (SSSR count). The van der Waals surface area contributed by atoms with Crippen molar-refractivity contribution in [3.63, 3.8) is 0 Å². The number of pyridine rings is 4. The van der Waals surface area contributed by atoms with Crippen molar-refractivity contribution in [3.8, 4) is 52.6 Å². The standard InChI is InChI=1S/C25H23N3OS.C25H28N2O3S.C21H19N5O4.C21H21N5O2.C21H20N2O4/c1-16-10-17(2)22-12-19(13-26)25(28-24(22)11-16)30-15-20(29)7-5-6-18-14-27-23-9-4-3-8-21(18)23;1-17-8-3-4-9-18(17)14-20(28)16-31-25-26-23-13-6-5-12-22(23)24(29)27(25)19-10-7-11-21(15-19)30-2;22-11-16-8-15-9-19-20(30-13-29-19)10-18(15)25-21(16)24-7-1-6-23-12-14-2-4-17(5-3-14)26(27)28;1-15-3-8-20-17(11-15)12-18(13-22)21(25-20)24-10-2-9-23-14-16-4-6-19(7-5-16)26(27)28;1-13-4-3-5-16-9-17(21(25)22-20(13)16)11-23(14(2)24)10-15-6-7-18-19(8-15)27-12-26-18/h3-4,8-12,14,27H,5-7,15H2,1-2H3;5-7,10-13,15,17-18H,3-4,8-9,14,16H2,1-2H3;2-5,8-10,23H,1,6-7,12-13H2,(H,24,25);3-8,11-12,23H,2,9-10,14H2,1H3,(H,24,25);3-9H,10-12H2,1-2H3,(H,22,25). The molecule has 3 aliphatic rings. The van der Waals surface area contributed by atoms with Crippen LogP contribution in [0.1, 0.15) is 138 Å². The van der Waals surface area contributed by atoms with Crippen molar-refractivity contribution in [1.29, 1.82) is 15.8 Å². The molecule has 10 aromatic carbocycles. The first-order chi connectivity index (χ1) is 70.8. The van der Waals surface area contributed by atoms with Gasteiger partial charge in [0.2, 0.25) is 19.5 Å².